The van der Waals surface area contributed by atoms with Gasteiger partial charge in [-0.25, -0.2) is 9.37 Å². The highest BCUT2D eigenvalue weighted by Gasteiger charge is 2.26. The molecule has 0 bridgehead atoms. The molecule has 2 amide bonds. The van der Waals surface area contributed by atoms with Gasteiger partial charge in [0.05, 0.1) is 17.1 Å². The Morgan fingerprint density at radius 2 is 1.97 bits per heavy atom. The molecule has 0 radical (unpaired) electrons. The Bertz CT molecular complexity index is 1140. The molecule has 8 heteroatoms. The summed E-state index contributed by atoms with van der Waals surface area (Å²) in [5.74, 6) is -0.636. The van der Waals surface area contributed by atoms with Gasteiger partial charge >= 0.3 is 0 Å². The molecule has 1 N–H and O–H groups in total. The molecule has 3 aromatic rings. The van der Waals surface area contributed by atoms with Crippen LogP contribution in [0.4, 0.5) is 10.1 Å². The summed E-state index contributed by atoms with van der Waals surface area (Å²) in [6.07, 6.45) is 1.87. The number of likely N-dealkylation sites (tertiary alicyclic amines) is 1. The molecule has 0 aliphatic carbocycles. The van der Waals surface area contributed by atoms with Gasteiger partial charge in [-0.05, 0) is 49.1 Å². The molecule has 166 valence electrons. The first-order valence-electron chi connectivity index (χ1n) is 10.4. The SMILES string of the molecule is Cc1ccc(NC(=O)c2csc(C3CCN(C(=O)Cc4ccccc4Cl)CC3)n2)c(F)c1. The molecule has 0 saturated carbocycles. The monoisotopic (exact) mass is 471 g/mol. The maximum Gasteiger partial charge on any atom is 0.275 e. The Kier molecular flexibility index (Phi) is 6.86. The second-order valence-corrected chi connectivity index (χ2v) is 9.23. The van der Waals surface area contributed by atoms with Crippen LogP contribution in [0.25, 0.3) is 0 Å². The van der Waals surface area contributed by atoms with Gasteiger partial charge in [0.2, 0.25) is 5.91 Å². The molecule has 0 spiro atoms. The lowest BCUT2D eigenvalue weighted by Crippen LogP contribution is -2.38. The number of halogens is 2. The van der Waals surface area contributed by atoms with Gasteiger partial charge in [0.15, 0.2) is 0 Å². The molecule has 0 atom stereocenters. The zero-order chi connectivity index (χ0) is 22.7. The second-order valence-electron chi connectivity index (χ2n) is 7.93. The fraction of sp³-hybridized carbons (Fsp3) is 0.292. The number of thiazole rings is 1. The van der Waals surface area contributed by atoms with Crippen molar-refractivity contribution in [2.45, 2.75) is 32.1 Å². The summed E-state index contributed by atoms with van der Waals surface area (Å²) in [5.41, 5.74) is 2.04. The number of rotatable bonds is 5. The molecule has 1 aromatic heterocycles. The first-order chi connectivity index (χ1) is 15.4. The van der Waals surface area contributed by atoms with Gasteiger partial charge in [0.25, 0.3) is 5.91 Å². The van der Waals surface area contributed by atoms with E-state index in [2.05, 4.69) is 10.3 Å². The van der Waals surface area contributed by atoms with Gasteiger partial charge in [-0.1, -0.05) is 35.9 Å². The number of aryl methyl sites for hydroxylation is 1. The molecule has 2 heterocycles. The minimum Gasteiger partial charge on any atom is -0.342 e. The Hall–Kier alpha value is -2.77. The topological polar surface area (TPSA) is 62.3 Å². The highest BCUT2D eigenvalue weighted by molar-refractivity contribution is 7.10. The molecule has 32 heavy (non-hydrogen) atoms. The number of aromatic nitrogens is 1. The van der Waals surface area contributed by atoms with Crippen LogP contribution >= 0.6 is 22.9 Å². The molecule has 2 aromatic carbocycles. The first-order valence-corrected chi connectivity index (χ1v) is 11.7. The van der Waals surface area contributed by atoms with Crippen LogP contribution < -0.4 is 5.32 Å². The van der Waals surface area contributed by atoms with E-state index in [0.717, 1.165) is 29.0 Å². The molecule has 1 aliphatic rings. The number of anilines is 1. The van der Waals surface area contributed by atoms with E-state index in [0.29, 0.717) is 24.5 Å². The van der Waals surface area contributed by atoms with E-state index >= 15 is 0 Å². The predicted octanol–water partition coefficient (Wildman–Crippen LogP) is 5.45. The maximum atomic E-state index is 14.0. The number of carbonyl (C=O) groups is 2. The van der Waals surface area contributed by atoms with E-state index < -0.39 is 11.7 Å². The summed E-state index contributed by atoms with van der Waals surface area (Å²) >= 11 is 7.60. The molecular weight excluding hydrogens is 449 g/mol. The maximum absolute atomic E-state index is 14.0. The van der Waals surface area contributed by atoms with Crippen molar-refractivity contribution in [3.05, 3.63) is 80.5 Å². The van der Waals surface area contributed by atoms with Gasteiger partial charge in [-0.15, -0.1) is 11.3 Å². The zero-order valence-electron chi connectivity index (χ0n) is 17.6. The quantitative estimate of drug-likeness (QED) is 0.538. The van der Waals surface area contributed by atoms with Crippen molar-refractivity contribution in [1.82, 2.24) is 9.88 Å². The molecule has 1 aliphatic heterocycles. The number of nitrogens with zero attached hydrogens (tertiary/aromatic N) is 2. The van der Waals surface area contributed by atoms with Crippen molar-refractivity contribution in [1.29, 1.82) is 0 Å². The minimum atomic E-state index is -0.470. The number of hydrogen-bond donors (Lipinski definition) is 1. The summed E-state index contributed by atoms with van der Waals surface area (Å²) < 4.78 is 14.0. The third-order valence-corrected chi connectivity index (χ3v) is 7.00. The molecule has 4 rings (SSSR count). The van der Waals surface area contributed by atoms with Crippen LogP contribution in [0.15, 0.2) is 47.8 Å². The molecular formula is C24H23ClFN3O2S. The molecule has 0 unspecified atom stereocenters. The third kappa shape index (κ3) is 5.16. The summed E-state index contributed by atoms with van der Waals surface area (Å²) in [6, 6.07) is 12.1. The third-order valence-electron chi connectivity index (χ3n) is 5.62. The number of amides is 2. The number of hydrogen-bond acceptors (Lipinski definition) is 4. The Morgan fingerprint density at radius 3 is 2.69 bits per heavy atom. The summed E-state index contributed by atoms with van der Waals surface area (Å²) in [4.78, 5) is 31.5. The van der Waals surface area contributed by atoms with Crippen molar-refractivity contribution in [3.63, 3.8) is 0 Å². The second kappa shape index (κ2) is 9.79. The van der Waals surface area contributed by atoms with Gasteiger partial charge in [0, 0.05) is 29.4 Å². The highest BCUT2D eigenvalue weighted by atomic mass is 35.5. The van der Waals surface area contributed by atoms with Crippen molar-refractivity contribution in [2.75, 3.05) is 18.4 Å². The predicted molar refractivity (Wildman–Crippen MR) is 125 cm³/mol. The standard InChI is InChI=1S/C24H23ClFN3O2S/c1-15-6-7-20(19(26)12-15)27-23(31)21-14-32-24(28-21)16-8-10-29(11-9-16)22(30)13-17-4-2-3-5-18(17)25/h2-7,12,14,16H,8-11,13H2,1H3,(H,27,31). The lowest BCUT2D eigenvalue weighted by atomic mass is 9.97. The van der Waals surface area contributed by atoms with Crippen LogP contribution in [-0.2, 0) is 11.2 Å². The van der Waals surface area contributed by atoms with E-state index in [1.165, 1.54) is 17.4 Å². The fourth-order valence-corrected chi connectivity index (χ4v) is 4.95. The largest absolute Gasteiger partial charge is 0.342 e. The van der Waals surface area contributed by atoms with Crippen molar-refractivity contribution in [3.8, 4) is 0 Å². The minimum absolute atomic E-state index is 0.0656. The van der Waals surface area contributed by atoms with Gasteiger partial charge in [-0.3, -0.25) is 9.59 Å². The van der Waals surface area contributed by atoms with Crippen molar-refractivity contribution < 1.29 is 14.0 Å². The van der Waals surface area contributed by atoms with Crippen LogP contribution in [-0.4, -0.2) is 34.8 Å². The van der Waals surface area contributed by atoms with Gasteiger partial charge in [-0.2, -0.15) is 0 Å². The Morgan fingerprint density at radius 1 is 1.22 bits per heavy atom. The van der Waals surface area contributed by atoms with Crippen LogP contribution in [0.2, 0.25) is 5.02 Å². The number of benzene rings is 2. The van der Waals surface area contributed by atoms with Crippen LogP contribution in [0.3, 0.4) is 0 Å². The smallest absolute Gasteiger partial charge is 0.275 e. The average molecular weight is 472 g/mol. The number of nitrogens with one attached hydrogen (secondary N) is 1. The summed E-state index contributed by atoms with van der Waals surface area (Å²) in [5, 5.41) is 5.77. The highest BCUT2D eigenvalue weighted by Crippen LogP contribution is 2.31. The zero-order valence-corrected chi connectivity index (χ0v) is 19.2. The number of carbonyl (C=O) groups excluding carboxylic acids is 2. The van der Waals surface area contributed by atoms with Crippen LogP contribution in [0.1, 0.15) is 45.4 Å². The Balaban J connectivity index is 1.33. The molecule has 1 saturated heterocycles. The van der Waals surface area contributed by atoms with E-state index in [9.17, 15) is 14.0 Å². The van der Waals surface area contributed by atoms with E-state index in [-0.39, 0.29) is 23.2 Å². The van der Waals surface area contributed by atoms with E-state index in [1.807, 2.05) is 23.1 Å². The van der Waals surface area contributed by atoms with Gasteiger partial charge in [0.1, 0.15) is 11.5 Å². The van der Waals surface area contributed by atoms with Crippen LogP contribution in [0, 0.1) is 12.7 Å². The summed E-state index contributed by atoms with van der Waals surface area (Å²) in [6.45, 7) is 3.07. The van der Waals surface area contributed by atoms with Crippen molar-refractivity contribution in [2.24, 2.45) is 0 Å². The lowest BCUT2D eigenvalue weighted by Gasteiger charge is -2.31. The van der Waals surface area contributed by atoms with Crippen LogP contribution in [0.5, 0.6) is 0 Å². The fourth-order valence-electron chi connectivity index (χ4n) is 3.78. The lowest BCUT2D eigenvalue weighted by molar-refractivity contribution is -0.131. The van der Waals surface area contributed by atoms with Gasteiger partial charge < -0.3 is 10.2 Å². The molecule has 1 fully saturated rings. The first kappa shape index (κ1) is 22.4. The Labute approximate surface area is 195 Å². The summed E-state index contributed by atoms with van der Waals surface area (Å²) in [7, 11) is 0. The van der Waals surface area contributed by atoms with E-state index in [4.69, 9.17) is 11.6 Å². The average Bonchev–Trinajstić information content (AvgIpc) is 3.28. The molecule has 5 nitrogen and oxygen atoms in total. The van der Waals surface area contributed by atoms with E-state index in [1.54, 1.807) is 30.5 Å². The normalized spacial score (nSPS) is 14.4. The number of piperidine rings is 1. The van der Waals surface area contributed by atoms with Crippen molar-refractivity contribution >= 4 is 40.4 Å².